The van der Waals surface area contributed by atoms with Crippen molar-refractivity contribution >= 4 is 95.5 Å². The average molecular weight is 997 g/mol. The smallest absolute Gasteiger partial charge is 0.294 e. The summed E-state index contributed by atoms with van der Waals surface area (Å²) in [5.41, 5.74) is 4.10. The van der Waals surface area contributed by atoms with Crippen molar-refractivity contribution in [1.29, 1.82) is 0 Å². The SMILES string of the molecule is O=S(=O)(O)c1ccc(-c2c3nc(c(-c4ccc(S(=O)(=O)O)cc4)c4ccc([nH]4)c4c5nc(c(-c6ccc(S(=O)(=O)O)cc6)c6ccc2[nH]6)C=C5S(=O)(=O)c2cc(S(=O)(=O)O)ccc2-4)C=C3)cc1. The Morgan fingerprint density at radius 3 is 1.16 bits per heavy atom. The van der Waals surface area contributed by atoms with E-state index < -0.39 is 74.8 Å². The summed E-state index contributed by atoms with van der Waals surface area (Å²) in [4.78, 5) is 13.8. The van der Waals surface area contributed by atoms with Gasteiger partial charge in [0, 0.05) is 49.9 Å². The molecular formula is C44H28N4O14S5. The Balaban J connectivity index is 1.40. The molecule has 0 saturated carbocycles. The quantitative estimate of drug-likeness (QED) is 0.0846. The van der Waals surface area contributed by atoms with Crippen LogP contribution in [0.1, 0.15) is 22.8 Å². The van der Waals surface area contributed by atoms with Crippen molar-refractivity contribution < 1.29 is 60.3 Å². The molecule has 0 amide bonds. The minimum Gasteiger partial charge on any atom is -0.354 e. The number of hydrogen-bond donors (Lipinski definition) is 6. The molecule has 0 unspecified atom stereocenters. The van der Waals surface area contributed by atoms with Crippen LogP contribution in [0.4, 0.5) is 0 Å². The first-order chi connectivity index (χ1) is 31.5. The molecule has 0 atom stereocenters. The van der Waals surface area contributed by atoms with E-state index in [0.29, 0.717) is 44.7 Å². The number of H-pyrrole nitrogens is 2. The molecule has 10 rings (SSSR count). The van der Waals surface area contributed by atoms with Crippen LogP contribution in [0.2, 0.25) is 0 Å². The molecule has 3 aromatic heterocycles. The molecule has 3 aliphatic heterocycles. The third-order valence-corrected chi connectivity index (χ3v) is 16.5. The Morgan fingerprint density at radius 1 is 0.418 bits per heavy atom. The lowest BCUT2D eigenvalue weighted by atomic mass is 10.0. The van der Waals surface area contributed by atoms with Crippen LogP contribution in [0.3, 0.4) is 0 Å². The lowest BCUT2D eigenvalue weighted by molar-refractivity contribution is 0.480. The highest BCUT2D eigenvalue weighted by Crippen LogP contribution is 2.49. The number of nitrogens with one attached hydrogen (secondary N) is 2. The van der Waals surface area contributed by atoms with E-state index in [-0.39, 0.29) is 49.6 Å². The number of benzene rings is 4. The molecule has 8 bridgehead atoms. The van der Waals surface area contributed by atoms with Crippen molar-refractivity contribution in [3.63, 3.8) is 0 Å². The van der Waals surface area contributed by atoms with Crippen LogP contribution >= 0.6 is 0 Å². The number of hydrogen-bond acceptors (Lipinski definition) is 12. The highest BCUT2D eigenvalue weighted by molar-refractivity contribution is 8.01. The van der Waals surface area contributed by atoms with E-state index in [2.05, 4.69) is 9.97 Å². The molecule has 67 heavy (non-hydrogen) atoms. The van der Waals surface area contributed by atoms with Crippen molar-refractivity contribution in [2.24, 2.45) is 0 Å². The molecule has 0 aliphatic carbocycles. The summed E-state index contributed by atoms with van der Waals surface area (Å²) in [6.07, 6.45) is 4.61. The number of nitrogens with zero attached hydrogens (tertiary/aromatic N) is 2. The standard InChI is InChI=1S/C44H28N4O14S5/c49-63(50)38-21-29(67(60,61)62)13-14-30(38)43-36-20-19-34(47-36)41(24-3-9-27(10-4-24)65(54,55)56)32-16-15-31(45-32)40(23-1-7-26(8-2-23)64(51,52)53)33-17-18-35(46-33)42(37-22-39(63)44(43)48-37)25-5-11-28(12-6-25)66(57,58)59/h1-22,46-47H,(H,51,52,53)(H,54,55,56)(H,57,58,59)(H,60,61,62). The molecule has 18 nitrogen and oxygen atoms in total. The highest BCUT2D eigenvalue weighted by atomic mass is 32.2. The maximum Gasteiger partial charge on any atom is 0.294 e. The van der Waals surface area contributed by atoms with Gasteiger partial charge in [-0.1, -0.05) is 42.5 Å². The Morgan fingerprint density at radius 2 is 0.776 bits per heavy atom. The number of aromatic nitrogens is 4. The second kappa shape index (κ2) is 15.0. The fraction of sp³-hybridized carbons (Fsp3) is 0. The molecule has 4 aromatic carbocycles. The van der Waals surface area contributed by atoms with Crippen molar-refractivity contribution in [2.75, 3.05) is 0 Å². The number of aromatic amines is 2. The van der Waals surface area contributed by atoms with E-state index in [0.717, 1.165) is 24.3 Å². The van der Waals surface area contributed by atoms with Crippen LogP contribution < -0.4 is 0 Å². The van der Waals surface area contributed by atoms with Gasteiger partial charge in [-0.3, -0.25) is 18.2 Å². The van der Waals surface area contributed by atoms with Crippen LogP contribution in [0.5, 0.6) is 0 Å². The molecule has 7 aromatic rings. The van der Waals surface area contributed by atoms with Gasteiger partial charge in [0.2, 0.25) is 9.84 Å². The number of sulfone groups is 1. The van der Waals surface area contributed by atoms with E-state index in [1.165, 1.54) is 72.8 Å². The average Bonchev–Trinajstić information content (AvgIpc) is 4.10. The van der Waals surface area contributed by atoms with Crippen molar-refractivity contribution in [1.82, 2.24) is 19.9 Å². The van der Waals surface area contributed by atoms with Gasteiger partial charge < -0.3 is 9.97 Å². The van der Waals surface area contributed by atoms with Crippen LogP contribution in [0.15, 0.2) is 140 Å². The molecule has 23 heteroatoms. The maximum absolute atomic E-state index is 14.7. The monoisotopic (exact) mass is 996 g/mol. The predicted octanol–water partition coefficient (Wildman–Crippen LogP) is 7.43. The molecular weight excluding hydrogens is 969 g/mol. The third-order valence-electron chi connectivity index (χ3n) is 11.2. The molecule has 0 radical (unpaired) electrons. The van der Waals surface area contributed by atoms with Gasteiger partial charge in [0.05, 0.1) is 47.3 Å². The van der Waals surface area contributed by atoms with Gasteiger partial charge in [-0.05, 0) is 108 Å². The second-order valence-corrected chi connectivity index (χ2v) is 22.8. The minimum atomic E-state index is -4.91. The van der Waals surface area contributed by atoms with E-state index in [1.807, 2.05) is 0 Å². The van der Waals surface area contributed by atoms with Gasteiger partial charge in [0.25, 0.3) is 40.5 Å². The summed E-state index contributed by atoms with van der Waals surface area (Å²) in [5, 5.41) is 0. The van der Waals surface area contributed by atoms with Crippen molar-refractivity contribution in [3.8, 4) is 44.5 Å². The number of fused-ring (bicyclic) bond motifs is 10. The lowest BCUT2D eigenvalue weighted by Gasteiger charge is -2.19. The fourth-order valence-electron chi connectivity index (χ4n) is 8.24. The zero-order valence-electron chi connectivity index (χ0n) is 33.5. The largest absolute Gasteiger partial charge is 0.354 e. The maximum atomic E-state index is 14.7. The molecule has 338 valence electrons. The summed E-state index contributed by atoms with van der Waals surface area (Å²) in [5.74, 6) is 0. The summed E-state index contributed by atoms with van der Waals surface area (Å²) < 4.78 is 166. The predicted molar refractivity (Wildman–Crippen MR) is 246 cm³/mol. The topological polar surface area (TPSA) is 309 Å². The van der Waals surface area contributed by atoms with Crippen LogP contribution in [0, 0.1) is 0 Å². The van der Waals surface area contributed by atoms with Gasteiger partial charge in [-0.15, -0.1) is 0 Å². The fourth-order valence-corrected chi connectivity index (χ4v) is 11.9. The van der Waals surface area contributed by atoms with Crippen LogP contribution in [-0.2, 0) is 50.3 Å². The molecule has 3 aliphatic rings. The first kappa shape index (κ1) is 43.9. The first-order valence-corrected chi connectivity index (χ1v) is 26.5. The molecule has 0 spiro atoms. The summed E-state index contributed by atoms with van der Waals surface area (Å²) >= 11 is 0. The Bertz CT molecular complexity index is 4180. The van der Waals surface area contributed by atoms with E-state index in [9.17, 15) is 60.3 Å². The number of rotatable bonds is 7. The molecule has 0 saturated heterocycles. The third kappa shape index (κ3) is 7.60. The summed E-state index contributed by atoms with van der Waals surface area (Å²) in [6.45, 7) is 0. The summed E-state index contributed by atoms with van der Waals surface area (Å²) in [6, 6.07) is 25.2. The lowest BCUT2D eigenvalue weighted by Crippen LogP contribution is -2.12. The Hall–Kier alpha value is -6.93. The van der Waals surface area contributed by atoms with Crippen LogP contribution in [0.25, 0.3) is 89.7 Å². The zero-order chi connectivity index (χ0) is 47.6. The zero-order valence-corrected chi connectivity index (χ0v) is 37.6. The van der Waals surface area contributed by atoms with Gasteiger partial charge in [-0.2, -0.15) is 33.7 Å². The van der Waals surface area contributed by atoms with Gasteiger partial charge in [-0.25, -0.2) is 18.4 Å². The summed E-state index contributed by atoms with van der Waals surface area (Å²) in [7, 11) is -23.4. The highest BCUT2D eigenvalue weighted by Gasteiger charge is 2.38. The second-order valence-electron chi connectivity index (χ2n) is 15.3. The van der Waals surface area contributed by atoms with Gasteiger partial charge in [0.15, 0.2) is 0 Å². The minimum absolute atomic E-state index is 0.00678. The Labute approximate surface area is 380 Å². The van der Waals surface area contributed by atoms with E-state index in [1.54, 1.807) is 36.4 Å². The van der Waals surface area contributed by atoms with E-state index in [4.69, 9.17) is 9.97 Å². The normalized spacial score (nSPS) is 14.4. The Kier molecular flexibility index (Phi) is 9.86. The molecule has 6 heterocycles. The first-order valence-electron chi connectivity index (χ1n) is 19.3. The molecule has 6 N–H and O–H groups in total. The van der Waals surface area contributed by atoms with Gasteiger partial charge >= 0.3 is 0 Å². The van der Waals surface area contributed by atoms with Crippen molar-refractivity contribution in [2.45, 2.75) is 24.5 Å². The van der Waals surface area contributed by atoms with Crippen LogP contribution in [-0.4, -0.2) is 80.2 Å². The van der Waals surface area contributed by atoms with Gasteiger partial charge in [0.1, 0.15) is 4.91 Å². The van der Waals surface area contributed by atoms with Crippen molar-refractivity contribution in [3.05, 3.63) is 138 Å². The molecule has 0 fully saturated rings. The van der Waals surface area contributed by atoms with E-state index >= 15 is 0 Å².